The third-order valence-electron chi connectivity index (χ3n) is 5.22. The van der Waals surface area contributed by atoms with Gasteiger partial charge in [0.15, 0.2) is 0 Å². The number of hydrogen-bond acceptors (Lipinski definition) is 4. The number of aromatic amines is 1. The lowest BCUT2D eigenvalue weighted by Gasteiger charge is -2.31. The van der Waals surface area contributed by atoms with Crippen molar-refractivity contribution in [3.05, 3.63) is 75.4 Å². The second-order valence-corrected chi connectivity index (χ2v) is 8.00. The van der Waals surface area contributed by atoms with Gasteiger partial charge in [0.2, 0.25) is 0 Å². The molecule has 1 saturated heterocycles. The van der Waals surface area contributed by atoms with Crippen molar-refractivity contribution >= 4 is 35.0 Å². The quantitative estimate of drug-likeness (QED) is 0.612. The first kappa shape index (κ1) is 20.5. The Labute approximate surface area is 183 Å². The molecule has 156 valence electrons. The average molecular weight is 447 g/mol. The van der Waals surface area contributed by atoms with Crippen molar-refractivity contribution in [2.24, 2.45) is 0 Å². The maximum absolute atomic E-state index is 12.8. The molecule has 0 bridgehead atoms. The van der Waals surface area contributed by atoms with Crippen LogP contribution in [0.3, 0.4) is 0 Å². The monoisotopic (exact) mass is 446 g/mol. The van der Waals surface area contributed by atoms with Gasteiger partial charge < -0.3 is 14.6 Å². The van der Waals surface area contributed by atoms with Crippen LogP contribution in [0.2, 0.25) is 10.0 Å². The minimum Gasteiger partial charge on any atom is -0.467 e. The molecule has 0 atom stereocenters. The van der Waals surface area contributed by atoms with Gasteiger partial charge in [-0.05, 0) is 49.2 Å². The first-order chi connectivity index (χ1) is 14.5. The van der Waals surface area contributed by atoms with Crippen molar-refractivity contribution < 1.29 is 14.0 Å². The molecule has 2 amide bonds. The number of halogens is 2. The number of carbonyl (C=O) groups is 2. The third kappa shape index (κ3) is 4.52. The van der Waals surface area contributed by atoms with Crippen LogP contribution in [0.4, 0.5) is 0 Å². The molecule has 0 unspecified atom stereocenters. The van der Waals surface area contributed by atoms with Crippen LogP contribution >= 0.6 is 23.2 Å². The molecule has 2 N–H and O–H groups in total. The summed E-state index contributed by atoms with van der Waals surface area (Å²) >= 11 is 12.1. The fourth-order valence-electron chi connectivity index (χ4n) is 3.56. The molecule has 2 aromatic heterocycles. The minimum absolute atomic E-state index is 0.0993. The molecule has 30 heavy (non-hydrogen) atoms. The summed E-state index contributed by atoms with van der Waals surface area (Å²) in [6.07, 6.45) is 3.10. The van der Waals surface area contributed by atoms with Gasteiger partial charge >= 0.3 is 0 Å². The van der Waals surface area contributed by atoms with Crippen LogP contribution in [0.1, 0.15) is 51.1 Å². The van der Waals surface area contributed by atoms with E-state index in [1.54, 1.807) is 47.6 Å². The molecule has 1 aliphatic heterocycles. The van der Waals surface area contributed by atoms with Gasteiger partial charge in [-0.3, -0.25) is 14.7 Å². The van der Waals surface area contributed by atoms with E-state index in [9.17, 15) is 9.59 Å². The van der Waals surface area contributed by atoms with Gasteiger partial charge in [0, 0.05) is 29.7 Å². The zero-order valence-corrected chi connectivity index (χ0v) is 17.5. The number of aromatic nitrogens is 2. The summed E-state index contributed by atoms with van der Waals surface area (Å²) in [4.78, 5) is 26.8. The Morgan fingerprint density at radius 1 is 1.20 bits per heavy atom. The first-order valence-corrected chi connectivity index (χ1v) is 10.4. The zero-order chi connectivity index (χ0) is 21.1. The molecular weight excluding hydrogens is 427 g/mol. The highest BCUT2D eigenvalue weighted by atomic mass is 35.5. The number of H-pyrrole nitrogens is 1. The number of hydrogen-bond donors (Lipinski definition) is 2. The Morgan fingerprint density at radius 2 is 2.00 bits per heavy atom. The summed E-state index contributed by atoms with van der Waals surface area (Å²) in [5, 5.41) is 10.7. The molecule has 0 aliphatic carbocycles. The van der Waals surface area contributed by atoms with E-state index in [4.69, 9.17) is 27.6 Å². The Bertz CT molecular complexity index is 1040. The molecule has 0 saturated carbocycles. The summed E-state index contributed by atoms with van der Waals surface area (Å²) < 4.78 is 5.20. The van der Waals surface area contributed by atoms with Crippen molar-refractivity contribution in [2.45, 2.75) is 25.3 Å². The number of nitrogens with one attached hydrogen (secondary N) is 2. The van der Waals surface area contributed by atoms with E-state index in [1.807, 2.05) is 0 Å². The summed E-state index contributed by atoms with van der Waals surface area (Å²) in [6.45, 7) is 1.50. The van der Waals surface area contributed by atoms with Crippen LogP contribution in [0.25, 0.3) is 0 Å². The molecular formula is C21H20Cl2N4O3. The average Bonchev–Trinajstić information content (AvgIpc) is 3.44. The minimum atomic E-state index is -0.265. The molecule has 1 aliphatic rings. The number of nitrogens with zero attached hydrogens (tertiary/aromatic N) is 2. The predicted octanol–water partition coefficient (Wildman–Crippen LogP) is 4.26. The number of amides is 2. The van der Waals surface area contributed by atoms with Gasteiger partial charge in [-0.2, -0.15) is 5.10 Å². The number of likely N-dealkylation sites (tertiary alicyclic amines) is 1. The van der Waals surface area contributed by atoms with Crippen LogP contribution in [0, 0.1) is 0 Å². The molecule has 3 heterocycles. The third-order valence-corrected chi connectivity index (χ3v) is 5.76. The summed E-state index contributed by atoms with van der Waals surface area (Å²) in [5.41, 5.74) is 1.69. The SMILES string of the molecule is O=C(NCc1ccco1)c1cc(C2CCN(C(=O)c3ccc(Cl)cc3Cl)CC2)[nH]n1. The Balaban J connectivity index is 1.33. The van der Waals surface area contributed by atoms with Crippen molar-refractivity contribution in [3.8, 4) is 0 Å². The highest BCUT2D eigenvalue weighted by molar-refractivity contribution is 6.36. The molecule has 1 aromatic carbocycles. The fourth-order valence-corrected chi connectivity index (χ4v) is 4.05. The molecule has 1 fully saturated rings. The lowest BCUT2D eigenvalue weighted by molar-refractivity contribution is 0.0712. The molecule has 0 spiro atoms. The highest BCUT2D eigenvalue weighted by Gasteiger charge is 2.27. The standard InChI is InChI=1S/C21H20Cl2N4O3/c22-14-3-4-16(17(23)10-14)21(29)27-7-5-13(6-8-27)18-11-19(26-25-18)20(28)24-12-15-2-1-9-30-15/h1-4,9-11,13H,5-8,12H2,(H,24,28)(H,25,26). The van der Waals surface area contributed by atoms with Crippen molar-refractivity contribution in [1.29, 1.82) is 0 Å². The van der Waals surface area contributed by atoms with Gasteiger partial charge in [-0.25, -0.2) is 0 Å². The molecule has 7 nitrogen and oxygen atoms in total. The van der Waals surface area contributed by atoms with Crippen LogP contribution in [0.5, 0.6) is 0 Å². The van der Waals surface area contributed by atoms with Gasteiger partial charge in [0.1, 0.15) is 11.5 Å². The van der Waals surface area contributed by atoms with Crippen molar-refractivity contribution in [1.82, 2.24) is 20.4 Å². The van der Waals surface area contributed by atoms with Crippen LogP contribution in [-0.2, 0) is 6.54 Å². The van der Waals surface area contributed by atoms with Crippen LogP contribution in [0.15, 0.2) is 47.1 Å². The zero-order valence-electron chi connectivity index (χ0n) is 16.0. The largest absolute Gasteiger partial charge is 0.467 e. The van der Waals surface area contributed by atoms with Crippen LogP contribution in [-0.4, -0.2) is 40.0 Å². The lowest BCUT2D eigenvalue weighted by Crippen LogP contribution is -2.38. The predicted molar refractivity (Wildman–Crippen MR) is 113 cm³/mol. The number of carbonyl (C=O) groups excluding carboxylic acids is 2. The molecule has 0 radical (unpaired) electrons. The molecule has 3 aromatic rings. The van der Waals surface area contributed by atoms with E-state index >= 15 is 0 Å². The Morgan fingerprint density at radius 3 is 2.70 bits per heavy atom. The van der Waals surface area contributed by atoms with Gasteiger partial charge in [-0.15, -0.1) is 0 Å². The maximum atomic E-state index is 12.8. The van der Waals surface area contributed by atoms with Gasteiger partial charge in [0.05, 0.1) is 23.4 Å². The summed E-state index contributed by atoms with van der Waals surface area (Å²) in [6, 6.07) is 10.2. The maximum Gasteiger partial charge on any atom is 0.272 e. The normalized spacial score (nSPS) is 14.7. The second-order valence-electron chi connectivity index (χ2n) is 7.16. The van der Waals surface area contributed by atoms with Crippen molar-refractivity contribution in [3.63, 3.8) is 0 Å². The van der Waals surface area contributed by atoms with Gasteiger partial charge in [-0.1, -0.05) is 23.2 Å². The Kier molecular flexibility index (Phi) is 6.11. The van der Waals surface area contributed by atoms with Gasteiger partial charge in [0.25, 0.3) is 11.8 Å². The van der Waals surface area contributed by atoms with E-state index in [-0.39, 0.29) is 17.7 Å². The first-order valence-electron chi connectivity index (χ1n) is 9.61. The molecule has 4 rings (SSSR count). The number of rotatable bonds is 5. The fraction of sp³-hybridized carbons (Fsp3) is 0.286. The number of piperidine rings is 1. The second kappa shape index (κ2) is 8.93. The number of furan rings is 1. The van der Waals surface area contributed by atoms with E-state index in [0.29, 0.717) is 46.7 Å². The van der Waals surface area contributed by atoms with E-state index in [0.717, 1.165) is 18.5 Å². The van der Waals surface area contributed by atoms with E-state index in [1.165, 1.54) is 0 Å². The molecule has 9 heteroatoms. The summed E-state index contributed by atoms with van der Waals surface area (Å²) in [7, 11) is 0. The lowest BCUT2D eigenvalue weighted by atomic mass is 9.93. The highest BCUT2D eigenvalue weighted by Crippen LogP contribution is 2.29. The van der Waals surface area contributed by atoms with E-state index in [2.05, 4.69) is 15.5 Å². The Hall–Kier alpha value is -2.77. The summed E-state index contributed by atoms with van der Waals surface area (Å²) in [5.74, 6) is 0.516. The van der Waals surface area contributed by atoms with Crippen molar-refractivity contribution in [2.75, 3.05) is 13.1 Å². The van der Waals surface area contributed by atoms with Crippen LogP contribution < -0.4 is 5.32 Å². The topological polar surface area (TPSA) is 91.2 Å². The smallest absolute Gasteiger partial charge is 0.272 e. The van der Waals surface area contributed by atoms with E-state index < -0.39 is 0 Å². The number of benzene rings is 1.